The van der Waals surface area contributed by atoms with Gasteiger partial charge in [-0.2, -0.15) is 0 Å². The van der Waals surface area contributed by atoms with E-state index in [-0.39, 0.29) is 11.6 Å². The number of aromatic nitrogens is 2. The lowest BCUT2D eigenvalue weighted by atomic mass is 10.1. The zero-order valence-electron chi connectivity index (χ0n) is 15.7. The van der Waals surface area contributed by atoms with E-state index in [9.17, 15) is 4.79 Å². The van der Waals surface area contributed by atoms with Crippen LogP contribution in [0.1, 0.15) is 36.3 Å². The fourth-order valence-corrected chi connectivity index (χ4v) is 2.29. The summed E-state index contributed by atoms with van der Waals surface area (Å²) in [6.07, 6.45) is 4.10. The smallest absolute Gasteiger partial charge is 0.271 e. The van der Waals surface area contributed by atoms with Gasteiger partial charge < -0.3 is 20.1 Å². The lowest BCUT2D eigenvalue weighted by Gasteiger charge is -2.10. The van der Waals surface area contributed by atoms with Crippen molar-refractivity contribution in [2.75, 3.05) is 26.1 Å². The van der Waals surface area contributed by atoms with Crippen molar-refractivity contribution in [2.45, 2.75) is 26.8 Å². The highest BCUT2D eigenvalue weighted by Gasteiger charge is 2.09. The van der Waals surface area contributed by atoms with Gasteiger partial charge in [0.05, 0.1) is 26.6 Å². The number of amides is 1. The number of hydrogen-bond donors (Lipinski definition) is 2. The molecule has 1 aromatic carbocycles. The van der Waals surface area contributed by atoms with Crippen LogP contribution < -0.4 is 20.1 Å². The van der Waals surface area contributed by atoms with Crippen LogP contribution in [0, 0.1) is 5.92 Å². The Hall–Kier alpha value is -2.83. The van der Waals surface area contributed by atoms with E-state index in [1.807, 2.05) is 12.1 Å². The largest absolute Gasteiger partial charge is 0.493 e. The topological polar surface area (TPSA) is 85.4 Å². The van der Waals surface area contributed by atoms with Gasteiger partial charge in [0.2, 0.25) is 0 Å². The quantitative estimate of drug-likeness (QED) is 0.717. The Labute approximate surface area is 154 Å². The number of nitrogens with zero attached hydrogens (tertiary/aromatic N) is 2. The number of benzene rings is 1. The second kappa shape index (κ2) is 9.60. The third-order valence-electron chi connectivity index (χ3n) is 3.81. The molecule has 0 saturated carbocycles. The van der Waals surface area contributed by atoms with E-state index in [2.05, 4.69) is 34.4 Å². The first-order chi connectivity index (χ1) is 12.5. The third-order valence-corrected chi connectivity index (χ3v) is 3.81. The molecular weight excluding hydrogens is 332 g/mol. The first-order valence-corrected chi connectivity index (χ1v) is 8.58. The number of nitrogens with one attached hydrogen (secondary N) is 2. The molecule has 2 N–H and O–H groups in total. The first kappa shape index (κ1) is 19.5. The number of ether oxygens (including phenoxy) is 2. The van der Waals surface area contributed by atoms with Gasteiger partial charge in [0.1, 0.15) is 11.5 Å². The molecular formula is C19H26N4O3. The van der Waals surface area contributed by atoms with Crippen molar-refractivity contribution in [3.05, 3.63) is 41.9 Å². The summed E-state index contributed by atoms with van der Waals surface area (Å²) in [6, 6.07) is 5.50. The Morgan fingerprint density at radius 2 is 1.88 bits per heavy atom. The predicted octanol–water partition coefficient (Wildman–Crippen LogP) is 2.88. The van der Waals surface area contributed by atoms with Gasteiger partial charge in [0.15, 0.2) is 11.5 Å². The van der Waals surface area contributed by atoms with Gasteiger partial charge in [-0.05, 0) is 30.0 Å². The van der Waals surface area contributed by atoms with Crippen molar-refractivity contribution in [1.29, 1.82) is 0 Å². The maximum Gasteiger partial charge on any atom is 0.271 e. The van der Waals surface area contributed by atoms with E-state index in [0.717, 1.165) is 18.5 Å². The van der Waals surface area contributed by atoms with Crippen molar-refractivity contribution in [2.24, 2.45) is 5.92 Å². The molecule has 1 amide bonds. The summed E-state index contributed by atoms with van der Waals surface area (Å²) in [4.78, 5) is 20.6. The first-order valence-electron chi connectivity index (χ1n) is 8.58. The van der Waals surface area contributed by atoms with Crippen molar-refractivity contribution < 1.29 is 14.3 Å². The van der Waals surface area contributed by atoms with Gasteiger partial charge in [-0.25, -0.2) is 9.97 Å². The normalized spacial score (nSPS) is 10.5. The minimum atomic E-state index is -0.277. The molecule has 0 fully saturated rings. The van der Waals surface area contributed by atoms with E-state index in [0.29, 0.717) is 29.8 Å². The van der Waals surface area contributed by atoms with Crippen LogP contribution in [0.5, 0.6) is 11.5 Å². The summed E-state index contributed by atoms with van der Waals surface area (Å²) in [5.41, 5.74) is 1.18. The number of anilines is 1. The Morgan fingerprint density at radius 1 is 1.12 bits per heavy atom. The zero-order valence-corrected chi connectivity index (χ0v) is 15.7. The second-order valence-corrected chi connectivity index (χ2v) is 6.27. The Morgan fingerprint density at radius 3 is 2.50 bits per heavy atom. The molecule has 1 heterocycles. The average Bonchev–Trinajstić information content (AvgIpc) is 2.66. The maximum atomic E-state index is 12.2. The standard InChI is InChI=1S/C19H26N4O3/c1-13(2)7-8-20-18-12-21-15(11-22-18)19(24)23-10-14-5-6-16(25-3)17(9-14)26-4/h5-6,9,11-13H,7-8,10H2,1-4H3,(H,20,22)(H,23,24). The minimum Gasteiger partial charge on any atom is -0.493 e. The second-order valence-electron chi connectivity index (χ2n) is 6.27. The Bertz CT molecular complexity index is 717. The fraction of sp³-hybridized carbons (Fsp3) is 0.421. The van der Waals surface area contributed by atoms with Crippen molar-refractivity contribution >= 4 is 11.7 Å². The van der Waals surface area contributed by atoms with Crippen molar-refractivity contribution in [3.8, 4) is 11.5 Å². The number of carbonyl (C=O) groups excluding carboxylic acids is 1. The Balaban J connectivity index is 1.89. The van der Waals surface area contributed by atoms with Gasteiger partial charge in [0.25, 0.3) is 5.91 Å². The van der Waals surface area contributed by atoms with E-state index in [1.165, 1.54) is 6.20 Å². The molecule has 1 aromatic heterocycles. The SMILES string of the molecule is COc1ccc(CNC(=O)c2cnc(NCCC(C)C)cn2)cc1OC. The van der Waals surface area contributed by atoms with Crippen molar-refractivity contribution in [3.63, 3.8) is 0 Å². The molecule has 2 aromatic rings. The zero-order chi connectivity index (χ0) is 18.9. The van der Waals surface area contributed by atoms with Crippen molar-refractivity contribution in [1.82, 2.24) is 15.3 Å². The van der Waals surface area contributed by atoms with E-state index in [1.54, 1.807) is 26.5 Å². The van der Waals surface area contributed by atoms with Gasteiger partial charge in [0, 0.05) is 13.1 Å². The van der Waals surface area contributed by atoms with E-state index < -0.39 is 0 Å². The molecule has 0 unspecified atom stereocenters. The van der Waals surface area contributed by atoms with Crippen LogP contribution in [-0.4, -0.2) is 36.6 Å². The van der Waals surface area contributed by atoms with Crippen LogP contribution in [0.25, 0.3) is 0 Å². The molecule has 0 radical (unpaired) electrons. The molecule has 0 bridgehead atoms. The van der Waals surface area contributed by atoms with Gasteiger partial charge in [-0.1, -0.05) is 19.9 Å². The van der Waals surface area contributed by atoms with Crippen LogP contribution in [0.4, 0.5) is 5.82 Å². The maximum absolute atomic E-state index is 12.2. The van der Waals surface area contributed by atoms with Crippen LogP contribution in [0.2, 0.25) is 0 Å². The number of methoxy groups -OCH3 is 2. The number of hydrogen-bond acceptors (Lipinski definition) is 6. The molecule has 0 aliphatic carbocycles. The molecule has 0 spiro atoms. The fourth-order valence-electron chi connectivity index (χ4n) is 2.29. The van der Waals surface area contributed by atoms with Gasteiger partial charge >= 0.3 is 0 Å². The number of carbonyl (C=O) groups is 1. The summed E-state index contributed by atoms with van der Waals surface area (Å²) < 4.78 is 10.5. The van der Waals surface area contributed by atoms with Gasteiger partial charge in [-0.15, -0.1) is 0 Å². The third kappa shape index (κ3) is 5.61. The van der Waals surface area contributed by atoms with Crippen LogP contribution in [0.15, 0.2) is 30.6 Å². The lowest BCUT2D eigenvalue weighted by Crippen LogP contribution is -2.24. The summed E-state index contributed by atoms with van der Waals surface area (Å²) in [6.45, 7) is 5.52. The molecule has 0 aliphatic rings. The molecule has 0 atom stereocenters. The average molecular weight is 358 g/mol. The molecule has 140 valence electrons. The molecule has 0 saturated heterocycles. The van der Waals surface area contributed by atoms with E-state index >= 15 is 0 Å². The molecule has 2 rings (SSSR count). The summed E-state index contributed by atoms with van der Waals surface area (Å²) >= 11 is 0. The minimum absolute atomic E-state index is 0.277. The number of rotatable bonds is 9. The molecule has 26 heavy (non-hydrogen) atoms. The molecule has 0 aliphatic heterocycles. The monoisotopic (exact) mass is 358 g/mol. The summed E-state index contributed by atoms with van der Waals surface area (Å²) in [7, 11) is 3.16. The highest BCUT2D eigenvalue weighted by Crippen LogP contribution is 2.27. The summed E-state index contributed by atoms with van der Waals surface area (Å²) in [5, 5.41) is 6.02. The van der Waals surface area contributed by atoms with Crippen LogP contribution in [0.3, 0.4) is 0 Å². The molecule has 7 heteroatoms. The van der Waals surface area contributed by atoms with Crippen LogP contribution >= 0.6 is 0 Å². The highest BCUT2D eigenvalue weighted by molar-refractivity contribution is 5.91. The lowest BCUT2D eigenvalue weighted by molar-refractivity contribution is 0.0945. The highest BCUT2D eigenvalue weighted by atomic mass is 16.5. The van der Waals surface area contributed by atoms with E-state index in [4.69, 9.17) is 9.47 Å². The summed E-state index contributed by atoms with van der Waals surface area (Å²) in [5.74, 6) is 2.28. The Kier molecular flexibility index (Phi) is 7.20. The van der Waals surface area contributed by atoms with Gasteiger partial charge in [-0.3, -0.25) is 4.79 Å². The van der Waals surface area contributed by atoms with Crippen LogP contribution in [-0.2, 0) is 6.54 Å². The molecule has 7 nitrogen and oxygen atoms in total. The predicted molar refractivity (Wildman–Crippen MR) is 101 cm³/mol.